The van der Waals surface area contributed by atoms with Crippen molar-refractivity contribution in [3.63, 3.8) is 0 Å². The average Bonchev–Trinajstić information content (AvgIpc) is 2.47. The van der Waals surface area contributed by atoms with Crippen LogP contribution in [0.2, 0.25) is 0 Å². The second-order valence-electron chi connectivity index (χ2n) is 5.64. The summed E-state index contributed by atoms with van der Waals surface area (Å²) >= 11 is 0. The zero-order valence-corrected chi connectivity index (χ0v) is 11.7. The molecule has 1 amide bonds. The minimum absolute atomic E-state index is 0.00327. The maximum Gasteiger partial charge on any atom is 0.251 e. The van der Waals surface area contributed by atoms with Gasteiger partial charge in [-0.1, -0.05) is 36.6 Å². The molecular formula is C15H21N3O2. The SMILES string of the molecule is CC1(NC(=O)c2cccc(C(N)=NO)c2)CCCCC1. The van der Waals surface area contributed by atoms with Gasteiger partial charge in [-0.05, 0) is 31.9 Å². The van der Waals surface area contributed by atoms with Gasteiger partial charge in [0.1, 0.15) is 0 Å². The van der Waals surface area contributed by atoms with Gasteiger partial charge in [0.05, 0.1) is 0 Å². The Morgan fingerprint density at radius 2 is 1.95 bits per heavy atom. The normalized spacial score (nSPS) is 18.6. The van der Waals surface area contributed by atoms with Gasteiger partial charge in [-0.3, -0.25) is 4.79 Å². The van der Waals surface area contributed by atoms with E-state index in [1.807, 2.05) is 0 Å². The van der Waals surface area contributed by atoms with Crippen molar-refractivity contribution in [2.75, 3.05) is 0 Å². The first-order chi connectivity index (χ1) is 9.54. The van der Waals surface area contributed by atoms with Gasteiger partial charge >= 0.3 is 0 Å². The van der Waals surface area contributed by atoms with Gasteiger partial charge in [0, 0.05) is 16.7 Å². The monoisotopic (exact) mass is 275 g/mol. The molecule has 1 aliphatic rings. The van der Waals surface area contributed by atoms with E-state index in [9.17, 15) is 4.79 Å². The van der Waals surface area contributed by atoms with Crippen molar-refractivity contribution in [2.24, 2.45) is 10.9 Å². The maximum atomic E-state index is 12.3. The molecule has 0 aliphatic heterocycles. The Morgan fingerprint density at radius 1 is 1.30 bits per heavy atom. The quantitative estimate of drug-likeness (QED) is 0.342. The molecule has 0 heterocycles. The molecule has 0 aromatic heterocycles. The first-order valence-electron chi connectivity index (χ1n) is 6.94. The first kappa shape index (κ1) is 14.4. The van der Waals surface area contributed by atoms with E-state index in [1.54, 1.807) is 24.3 Å². The Kier molecular flexibility index (Phi) is 4.27. The molecule has 0 saturated heterocycles. The number of rotatable bonds is 3. The fourth-order valence-electron chi connectivity index (χ4n) is 2.68. The zero-order valence-electron chi connectivity index (χ0n) is 11.7. The van der Waals surface area contributed by atoms with Crippen molar-refractivity contribution in [3.8, 4) is 0 Å². The van der Waals surface area contributed by atoms with Crippen LogP contribution in [-0.2, 0) is 0 Å². The number of amides is 1. The van der Waals surface area contributed by atoms with Crippen LogP contribution in [0.5, 0.6) is 0 Å². The molecule has 4 N–H and O–H groups in total. The van der Waals surface area contributed by atoms with Crippen LogP contribution in [-0.4, -0.2) is 22.5 Å². The highest BCUT2D eigenvalue weighted by Gasteiger charge is 2.28. The molecule has 1 aromatic carbocycles. The number of nitrogens with zero attached hydrogens (tertiary/aromatic N) is 1. The summed E-state index contributed by atoms with van der Waals surface area (Å²) in [6, 6.07) is 6.80. The zero-order chi connectivity index (χ0) is 14.6. The van der Waals surface area contributed by atoms with E-state index in [0.717, 1.165) is 25.7 Å². The number of hydrogen-bond acceptors (Lipinski definition) is 3. The summed E-state index contributed by atoms with van der Waals surface area (Å²) in [6.07, 6.45) is 5.57. The Bertz CT molecular complexity index is 520. The molecule has 1 fully saturated rings. The number of nitrogens with two attached hydrogens (primary N) is 1. The Balaban J connectivity index is 2.13. The van der Waals surface area contributed by atoms with E-state index < -0.39 is 0 Å². The number of carbonyl (C=O) groups excluding carboxylic acids is 1. The molecule has 1 aromatic rings. The lowest BCUT2D eigenvalue weighted by atomic mass is 9.83. The Morgan fingerprint density at radius 3 is 2.60 bits per heavy atom. The highest BCUT2D eigenvalue weighted by atomic mass is 16.4. The Hall–Kier alpha value is -2.04. The van der Waals surface area contributed by atoms with Crippen LogP contribution >= 0.6 is 0 Å². The van der Waals surface area contributed by atoms with Crippen LogP contribution in [0, 0.1) is 0 Å². The number of oxime groups is 1. The van der Waals surface area contributed by atoms with E-state index in [0.29, 0.717) is 11.1 Å². The van der Waals surface area contributed by atoms with Crippen LogP contribution in [0.3, 0.4) is 0 Å². The summed E-state index contributed by atoms with van der Waals surface area (Å²) in [5.74, 6) is -0.106. The molecule has 0 radical (unpaired) electrons. The lowest BCUT2D eigenvalue weighted by molar-refractivity contribution is 0.0882. The fraction of sp³-hybridized carbons (Fsp3) is 0.467. The fourth-order valence-corrected chi connectivity index (χ4v) is 2.68. The summed E-state index contributed by atoms with van der Waals surface area (Å²) in [4.78, 5) is 12.3. The molecule has 0 atom stereocenters. The van der Waals surface area contributed by atoms with Crippen molar-refractivity contribution in [2.45, 2.75) is 44.6 Å². The van der Waals surface area contributed by atoms with Gasteiger partial charge < -0.3 is 16.3 Å². The highest BCUT2D eigenvalue weighted by Crippen LogP contribution is 2.27. The molecule has 0 spiro atoms. The smallest absolute Gasteiger partial charge is 0.251 e. The van der Waals surface area contributed by atoms with Crippen molar-refractivity contribution < 1.29 is 10.0 Å². The van der Waals surface area contributed by atoms with E-state index in [1.165, 1.54) is 6.42 Å². The first-order valence-corrected chi connectivity index (χ1v) is 6.94. The van der Waals surface area contributed by atoms with Crippen LogP contribution in [0.4, 0.5) is 0 Å². The molecule has 5 nitrogen and oxygen atoms in total. The standard InChI is InChI=1S/C15H21N3O2/c1-15(8-3-2-4-9-15)17-14(19)12-7-5-6-11(10-12)13(16)18-20/h5-7,10,20H,2-4,8-9H2,1H3,(H2,16,18)(H,17,19). The molecule has 0 bridgehead atoms. The van der Waals surface area contributed by atoms with Crippen LogP contribution in [0.1, 0.15) is 54.9 Å². The van der Waals surface area contributed by atoms with Gasteiger partial charge in [0.25, 0.3) is 5.91 Å². The second-order valence-corrected chi connectivity index (χ2v) is 5.64. The highest BCUT2D eigenvalue weighted by molar-refractivity contribution is 6.01. The van der Waals surface area contributed by atoms with Crippen molar-refractivity contribution in [1.82, 2.24) is 5.32 Å². The van der Waals surface area contributed by atoms with Gasteiger partial charge in [-0.25, -0.2) is 0 Å². The predicted molar refractivity (Wildman–Crippen MR) is 77.9 cm³/mol. The van der Waals surface area contributed by atoms with Gasteiger partial charge in [0.2, 0.25) is 0 Å². The van der Waals surface area contributed by atoms with E-state index in [-0.39, 0.29) is 17.3 Å². The third kappa shape index (κ3) is 3.29. The van der Waals surface area contributed by atoms with Crippen molar-refractivity contribution in [1.29, 1.82) is 0 Å². The molecule has 1 saturated carbocycles. The molecule has 0 unspecified atom stereocenters. The summed E-state index contributed by atoms with van der Waals surface area (Å²) in [5.41, 5.74) is 6.48. The average molecular weight is 275 g/mol. The molecule has 1 aliphatic carbocycles. The molecular weight excluding hydrogens is 254 g/mol. The van der Waals surface area contributed by atoms with Crippen molar-refractivity contribution >= 4 is 11.7 Å². The topological polar surface area (TPSA) is 87.7 Å². The Labute approximate surface area is 118 Å². The number of carbonyl (C=O) groups is 1. The van der Waals surface area contributed by atoms with Gasteiger partial charge in [-0.15, -0.1) is 0 Å². The largest absolute Gasteiger partial charge is 0.409 e. The lowest BCUT2D eigenvalue weighted by Gasteiger charge is -2.34. The lowest BCUT2D eigenvalue weighted by Crippen LogP contribution is -2.47. The minimum Gasteiger partial charge on any atom is -0.409 e. The van der Waals surface area contributed by atoms with Crippen LogP contribution in [0.15, 0.2) is 29.4 Å². The third-order valence-electron chi connectivity index (χ3n) is 3.90. The third-order valence-corrected chi connectivity index (χ3v) is 3.90. The second kappa shape index (κ2) is 5.94. The van der Waals surface area contributed by atoms with E-state index in [4.69, 9.17) is 10.9 Å². The molecule has 5 heteroatoms. The number of amidine groups is 1. The predicted octanol–water partition coefficient (Wildman–Crippen LogP) is 2.23. The van der Waals surface area contributed by atoms with E-state index in [2.05, 4.69) is 17.4 Å². The number of benzene rings is 1. The molecule has 2 rings (SSSR count). The summed E-state index contributed by atoms with van der Waals surface area (Å²) in [6.45, 7) is 2.09. The van der Waals surface area contributed by atoms with Crippen LogP contribution < -0.4 is 11.1 Å². The number of hydrogen-bond donors (Lipinski definition) is 3. The summed E-state index contributed by atoms with van der Waals surface area (Å²) in [5, 5.41) is 14.7. The minimum atomic E-state index is -0.123. The van der Waals surface area contributed by atoms with E-state index >= 15 is 0 Å². The van der Waals surface area contributed by atoms with Gasteiger partial charge in [-0.2, -0.15) is 0 Å². The summed E-state index contributed by atoms with van der Waals surface area (Å²) in [7, 11) is 0. The van der Waals surface area contributed by atoms with Gasteiger partial charge in [0.15, 0.2) is 5.84 Å². The summed E-state index contributed by atoms with van der Waals surface area (Å²) < 4.78 is 0. The molecule has 108 valence electrons. The van der Waals surface area contributed by atoms with Crippen molar-refractivity contribution in [3.05, 3.63) is 35.4 Å². The maximum absolute atomic E-state index is 12.3. The number of nitrogens with one attached hydrogen (secondary N) is 1. The van der Waals surface area contributed by atoms with Crippen LogP contribution in [0.25, 0.3) is 0 Å². The molecule has 20 heavy (non-hydrogen) atoms.